The van der Waals surface area contributed by atoms with Crippen LogP contribution in [-0.4, -0.2) is 18.5 Å². The normalized spacial score (nSPS) is 11.8. The molecule has 6 heteroatoms. The molecule has 0 aliphatic carbocycles. The van der Waals surface area contributed by atoms with Crippen molar-refractivity contribution in [1.29, 1.82) is 0 Å². The van der Waals surface area contributed by atoms with Crippen LogP contribution in [0.4, 0.5) is 8.78 Å². The van der Waals surface area contributed by atoms with Crippen LogP contribution in [0.15, 0.2) is 60.7 Å². The molecule has 0 spiro atoms. The molecule has 4 nitrogen and oxygen atoms in total. The number of halogens is 2. The molecule has 0 saturated carbocycles. The van der Waals surface area contributed by atoms with Gasteiger partial charge in [-0.15, -0.1) is 0 Å². The van der Waals surface area contributed by atoms with Crippen LogP contribution in [0.2, 0.25) is 0 Å². The zero-order chi connectivity index (χ0) is 19.4. The standard InChI is InChI=1S/C21H17F2NO3/c1-13(16-8-4-6-14-5-2-3-7-17(14)16)24-20(25)12-27-21(26)18-10-9-15(22)11-19(18)23/h2-11,13H,12H2,1H3,(H,24,25). The summed E-state index contributed by atoms with van der Waals surface area (Å²) in [4.78, 5) is 23.9. The summed E-state index contributed by atoms with van der Waals surface area (Å²) >= 11 is 0. The molecule has 0 aliphatic heterocycles. The number of ether oxygens (including phenoxy) is 1. The van der Waals surface area contributed by atoms with E-state index in [0.717, 1.165) is 28.5 Å². The van der Waals surface area contributed by atoms with E-state index in [1.807, 2.05) is 49.4 Å². The first kappa shape index (κ1) is 18.5. The van der Waals surface area contributed by atoms with Crippen LogP contribution in [-0.2, 0) is 9.53 Å². The fraction of sp³-hybridized carbons (Fsp3) is 0.143. The van der Waals surface area contributed by atoms with Crippen molar-refractivity contribution >= 4 is 22.6 Å². The first-order valence-electron chi connectivity index (χ1n) is 8.35. The van der Waals surface area contributed by atoms with Gasteiger partial charge in [0.15, 0.2) is 6.61 Å². The minimum Gasteiger partial charge on any atom is -0.452 e. The number of nitrogens with one attached hydrogen (secondary N) is 1. The van der Waals surface area contributed by atoms with E-state index >= 15 is 0 Å². The Hall–Kier alpha value is -3.28. The van der Waals surface area contributed by atoms with Gasteiger partial charge in [0.2, 0.25) is 0 Å². The Morgan fingerprint density at radius 1 is 1.04 bits per heavy atom. The molecule has 0 heterocycles. The van der Waals surface area contributed by atoms with Crippen LogP contribution in [0, 0.1) is 11.6 Å². The smallest absolute Gasteiger partial charge is 0.341 e. The fourth-order valence-electron chi connectivity index (χ4n) is 2.85. The van der Waals surface area contributed by atoms with Crippen LogP contribution in [0.3, 0.4) is 0 Å². The van der Waals surface area contributed by atoms with Crippen LogP contribution in [0.5, 0.6) is 0 Å². The Kier molecular flexibility index (Phi) is 5.45. The van der Waals surface area contributed by atoms with Gasteiger partial charge in [0.25, 0.3) is 5.91 Å². The minimum absolute atomic E-state index is 0.315. The molecule has 1 unspecified atom stereocenters. The highest BCUT2D eigenvalue weighted by molar-refractivity contribution is 5.92. The summed E-state index contributed by atoms with van der Waals surface area (Å²) in [7, 11) is 0. The van der Waals surface area contributed by atoms with Crippen LogP contribution in [0.25, 0.3) is 10.8 Å². The maximum absolute atomic E-state index is 13.6. The van der Waals surface area contributed by atoms with Crippen molar-refractivity contribution in [3.8, 4) is 0 Å². The third-order valence-corrected chi connectivity index (χ3v) is 4.15. The number of fused-ring (bicyclic) bond motifs is 1. The molecule has 27 heavy (non-hydrogen) atoms. The van der Waals surface area contributed by atoms with Gasteiger partial charge in [-0.05, 0) is 35.4 Å². The third kappa shape index (κ3) is 4.28. The van der Waals surface area contributed by atoms with Gasteiger partial charge in [-0.25, -0.2) is 13.6 Å². The lowest BCUT2D eigenvalue weighted by molar-refractivity contribution is -0.124. The van der Waals surface area contributed by atoms with Crippen LogP contribution in [0.1, 0.15) is 28.9 Å². The summed E-state index contributed by atoms with van der Waals surface area (Å²) in [6.07, 6.45) is 0. The van der Waals surface area contributed by atoms with Gasteiger partial charge in [-0.1, -0.05) is 42.5 Å². The lowest BCUT2D eigenvalue weighted by Crippen LogP contribution is -2.31. The fourth-order valence-corrected chi connectivity index (χ4v) is 2.85. The van der Waals surface area contributed by atoms with E-state index in [-0.39, 0.29) is 6.04 Å². The largest absolute Gasteiger partial charge is 0.452 e. The number of carbonyl (C=O) groups excluding carboxylic acids is 2. The second-order valence-electron chi connectivity index (χ2n) is 6.06. The van der Waals surface area contributed by atoms with Crippen molar-refractivity contribution in [1.82, 2.24) is 5.32 Å². The van der Waals surface area contributed by atoms with Gasteiger partial charge >= 0.3 is 5.97 Å². The topological polar surface area (TPSA) is 55.4 Å². The number of benzene rings is 3. The Labute approximate surface area is 154 Å². The van der Waals surface area contributed by atoms with Gasteiger partial charge in [0.05, 0.1) is 11.6 Å². The van der Waals surface area contributed by atoms with E-state index < -0.39 is 35.7 Å². The van der Waals surface area contributed by atoms with Gasteiger partial charge in [-0.3, -0.25) is 4.79 Å². The van der Waals surface area contributed by atoms with Gasteiger partial charge in [-0.2, -0.15) is 0 Å². The van der Waals surface area contributed by atoms with Crippen LogP contribution >= 0.6 is 0 Å². The molecule has 0 saturated heterocycles. The van der Waals surface area contributed by atoms with Crippen molar-refractivity contribution in [2.75, 3.05) is 6.61 Å². The molecule has 138 valence electrons. The molecule has 1 atom stereocenters. The van der Waals surface area contributed by atoms with E-state index in [1.54, 1.807) is 0 Å². The molecule has 0 radical (unpaired) electrons. The average molecular weight is 369 g/mol. The molecular formula is C21H17F2NO3. The second-order valence-corrected chi connectivity index (χ2v) is 6.06. The molecule has 1 N–H and O–H groups in total. The lowest BCUT2D eigenvalue weighted by Gasteiger charge is -2.16. The summed E-state index contributed by atoms with van der Waals surface area (Å²) in [5.41, 5.74) is 0.503. The van der Waals surface area contributed by atoms with Crippen LogP contribution < -0.4 is 5.32 Å². The number of esters is 1. The number of carbonyl (C=O) groups is 2. The minimum atomic E-state index is -1.04. The molecule has 0 bridgehead atoms. The summed E-state index contributed by atoms with van der Waals surface area (Å²) in [6.45, 7) is 1.26. The molecule has 3 aromatic rings. The zero-order valence-electron chi connectivity index (χ0n) is 14.5. The van der Waals surface area contributed by atoms with E-state index in [4.69, 9.17) is 4.74 Å². The number of hydrogen-bond donors (Lipinski definition) is 1. The van der Waals surface area contributed by atoms with E-state index in [1.165, 1.54) is 0 Å². The highest BCUT2D eigenvalue weighted by Crippen LogP contribution is 2.24. The molecule has 0 aliphatic rings. The van der Waals surface area contributed by atoms with Crippen molar-refractivity contribution in [3.63, 3.8) is 0 Å². The summed E-state index contributed by atoms with van der Waals surface area (Å²) in [6, 6.07) is 15.8. The quantitative estimate of drug-likeness (QED) is 0.688. The highest BCUT2D eigenvalue weighted by atomic mass is 19.1. The first-order chi connectivity index (χ1) is 13.0. The molecular weight excluding hydrogens is 352 g/mol. The summed E-state index contributed by atoms with van der Waals surface area (Å²) in [5, 5.41) is 4.81. The molecule has 3 rings (SSSR count). The van der Waals surface area contributed by atoms with Gasteiger partial charge in [0, 0.05) is 6.07 Å². The van der Waals surface area contributed by atoms with E-state index in [2.05, 4.69) is 5.32 Å². The van der Waals surface area contributed by atoms with E-state index in [9.17, 15) is 18.4 Å². The third-order valence-electron chi connectivity index (χ3n) is 4.15. The first-order valence-corrected chi connectivity index (χ1v) is 8.35. The van der Waals surface area contributed by atoms with Gasteiger partial charge < -0.3 is 10.1 Å². The van der Waals surface area contributed by atoms with Crippen molar-refractivity contribution in [2.24, 2.45) is 0 Å². The van der Waals surface area contributed by atoms with Crippen molar-refractivity contribution in [2.45, 2.75) is 13.0 Å². The second kappa shape index (κ2) is 7.95. The molecule has 0 fully saturated rings. The Bertz CT molecular complexity index is 998. The van der Waals surface area contributed by atoms with Crippen molar-refractivity contribution < 1.29 is 23.1 Å². The molecule has 3 aromatic carbocycles. The predicted molar refractivity (Wildman–Crippen MR) is 97.1 cm³/mol. The maximum Gasteiger partial charge on any atom is 0.341 e. The number of amides is 1. The molecule has 1 amide bonds. The number of hydrogen-bond acceptors (Lipinski definition) is 3. The monoisotopic (exact) mass is 369 g/mol. The summed E-state index contributed by atoms with van der Waals surface area (Å²) < 4.78 is 31.3. The Morgan fingerprint density at radius 2 is 1.78 bits per heavy atom. The summed E-state index contributed by atoms with van der Waals surface area (Å²) in [5.74, 6) is -3.39. The zero-order valence-corrected chi connectivity index (χ0v) is 14.5. The SMILES string of the molecule is CC(NC(=O)COC(=O)c1ccc(F)cc1F)c1cccc2ccccc12. The lowest BCUT2D eigenvalue weighted by atomic mass is 10.00. The number of rotatable bonds is 5. The average Bonchev–Trinajstić information content (AvgIpc) is 2.65. The Morgan fingerprint density at radius 3 is 2.56 bits per heavy atom. The molecule has 0 aromatic heterocycles. The predicted octanol–water partition coefficient (Wildman–Crippen LogP) is 4.15. The van der Waals surface area contributed by atoms with Crippen molar-refractivity contribution in [3.05, 3.63) is 83.4 Å². The highest BCUT2D eigenvalue weighted by Gasteiger charge is 2.17. The maximum atomic E-state index is 13.6. The van der Waals surface area contributed by atoms with Gasteiger partial charge in [0.1, 0.15) is 11.6 Å². The Balaban J connectivity index is 1.62. The van der Waals surface area contributed by atoms with E-state index in [0.29, 0.717) is 6.07 Å².